The van der Waals surface area contributed by atoms with Gasteiger partial charge in [-0.3, -0.25) is 0 Å². The van der Waals surface area contributed by atoms with Crippen LogP contribution in [0.3, 0.4) is 0 Å². The van der Waals surface area contributed by atoms with Gasteiger partial charge in [-0.2, -0.15) is 0 Å². The molecular weight excluding hydrogens is 188 g/mol. The van der Waals surface area contributed by atoms with Crippen molar-refractivity contribution in [2.24, 2.45) is 0 Å². The van der Waals surface area contributed by atoms with Gasteiger partial charge < -0.3 is 0 Å². The van der Waals surface area contributed by atoms with Crippen molar-refractivity contribution in [1.82, 2.24) is 0 Å². The highest BCUT2D eigenvalue weighted by atomic mass is 32.2. The van der Waals surface area contributed by atoms with Gasteiger partial charge in [0.1, 0.15) is 0 Å². The molecule has 0 nitrogen and oxygen atoms in total. The lowest BCUT2D eigenvalue weighted by Crippen LogP contribution is -1.71. The Kier molecular flexibility index (Phi) is 5.25. The van der Waals surface area contributed by atoms with Crippen LogP contribution in [0.25, 0.3) is 0 Å². The van der Waals surface area contributed by atoms with E-state index in [9.17, 15) is 0 Å². The van der Waals surface area contributed by atoms with E-state index < -0.39 is 0 Å². The van der Waals surface area contributed by atoms with Crippen LogP contribution in [0.2, 0.25) is 0 Å². The molecule has 0 aliphatic rings. The molecule has 0 unspecified atom stereocenters. The third-order valence-corrected chi connectivity index (χ3v) is 2.67. The SMILES string of the molecule is CCCCC#CSc1ccc(C)cc1. The molecule has 1 aromatic rings. The summed E-state index contributed by atoms with van der Waals surface area (Å²) in [7, 11) is 0. The second kappa shape index (κ2) is 6.56. The summed E-state index contributed by atoms with van der Waals surface area (Å²) < 4.78 is 0. The maximum absolute atomic E-state index is 3.16. The maximum atomic E-state index is 3.16. The molecule has 14 heavy (non-hydrogen) atoms. The van der Waals surface area contributed by atoms with Crippen LogP contribution in [0.1, 0.15) is 31.7 Å². The van der Waals surface area contributed by atoms with Crippen LogP contribution in [-0.2, 0) is 0 Å². The van der Waals surface area contributed by atoms with Crippen molar-refractivity contribution in [3.8, 4) is 11.2 Å². The predicted molar refractivity (Wildman–Crippen MR) is 64.3 cm³/mol. The summed E-state index contributed by atoms with van der Waals surface area (Å²) in [5.74, 6) is 3.16. The van der Waals surface area contributed by atoms with E-state index in [4.69, 9.17) is 0 Å². The summed E-state index contributed by atoms with van der Waals surface area (Å²) in [5, 5.41) is 3.12. The Balaban J connectivity index is 2.36. The Bertz CT molecular complexity index is 313. The van der Waals surface area contributed by atoms with E-state index in [2.05, 4.69) is 49.3 Å². The molecule has 1 heteroatoms. The first-order valence-corrected chi connectivity index (χ1v) is 5.86. The quantitative estimate of drug-likeness (QED) is 0.403. The van der Waals surface area contributed by atoms with Crippen LogP contribution in [0.5, 0.6) is 0 Å². The van der Waals surface area contributed by atoms with Crippen LogP contribution in [0.15, 0.2) is 29.2 Å². The summed E-state index contributed by atoms with van der Waals surface area (Å²) in [6, 6.07) is 8.48. The predicted octanol–water partition coefficient (Wildman–Crippen LogP) is 4.24. The number of thioether (sulfide) groups is 1. The molecule has 0 aliphatic carbocycles. The smallest absolute Gasteiger partial charge is 0.0203 e. The largest absolute Gasteiger partial charge is 0.0909 e. The van der Waals surface area contributed by atoms with Crippen LogP contribution < -0.4 is 0 Å². The first kappa shape index (κ1) is 11.2. The van der Waals surface area contributed by atoms with Crippen molar-refractivity contribution >= 4 is 11.8 Å². The minimum atomic E-state index is 1.02. The van der Waals surface area contributed by atoms with Crippen molar-refractivity contribution in [3.05, 3.63) is 29.8 Å². The highest BCUT2D eigenvalue weighted by Gasteiger charge is 1.88. The van der Waals surface area contributed by atoms with Gasteiger partial charge in [-0.25, -0.2) is 0 Å². The molecule has 1 aromatic carbocycles. The Hall–Kier alpha value is -0.870. The van der Waals surface area contributed by atoms with E-state index in [1.807, 2.05) is 0 Å². The standard InChI is InChI=1S/C13H16S/c1-3-4-5-6-11-14-13-9-7-12(2)8-10-13/h7-10H,3-5H2,1-2H3. The Morgan fingerprint density at radius 1 is 1.21 bits per heavy atom. The van der Waals surface area contributed by atoms with Crippen LogP contribution in [0, 0.1) is 18.1 Å². The molecule has 0 radical (unpaired) electrons. The summed E-state index contributed by atoms with van der Waals surface area (Å²) in [6.07, 6.45) is 3.46. The molecule has 0 saturated heterocycles. The lowest BCUT2D eigenvalue weighted by molar-refractivity contribution is 0.828. The molecule has 0 atom stereocenters. The molecule has 0 saturated carbocycles. The van der Waals surface area contributed by atoms with Gasteiger partial charge in [0.05, 0.1) is 0 Å². The number of hydrogen-bond acceptors (Lipinski definition) is 1. The molecule has 0 aliphatic heterocycles. The average molecular weight is 204 g/mol. The van der Waals surface area contributed by atoms with Crippen molar-refractivity contribution in [2.45, 2.75) is 38.0 Å². The van der Waals surface area contributed by atoms with Crippen LogP contribution in [0.4, 0.5) is 0 Å². The zero-order chi connectivity index (χ0) is 10.2. The van der Waals surface area contributed by atoms with E-state index in [0.29, 0.717) is 0 Å². The van der Waals surface area contributed by atoms with Gasteiger partial charge >= 0.3 is 0 Å². The number of benzene rings is 1. The average Bonchev–Trinajstić information content (AvgIpc) is 2.21. The van der Waals surface area contributed by atoms with Crippen molar-refractivity contribution < 1.29 is 0 Å². The molecule has 0 N–H and O–H groups in total. The molecule has 0 bridgehead atoms. The zero-order valence-electron chi connectivity index (χ0n) is 8.84. The highest BCUT2D eigenvalue weighted by molar-refractivity contribution is 8.03. The molecular formula is C13H16S. The molecule has 1 rings (SSSR count). The molecule has 0 fully saturated rings. The monoisotopic (exact) mass is 204 g/mol. The molecule has 0 amide bonds. The van der Waals surface area contributed by atoms with E-state index in [1.54, 1.807) is 11.8 Å². The summed E-state index contributed by atoms with van der Waals surface area (Å²) >= 11 is 1.62. The first-order chi connectivity index (χ1) is 6.83. The van der Waals surface area contributed by atoms with Gasteiger partial charge in [0, 0.05) is 11.3 Å². The van der Waals surface area contributed by atoms with E-state index in [-0.39, 0.29) is 0 Å². The topological polar surface area (TPSA) is 0 Å². The fourth-order valence-electron chi connectivity index (χ4n) is 1.02. The maximum Gasteiger partial charge on any atom is 0.0203 e. The number of aryl methyl sites for hydroxylation is 1. The minimum Gasteiger partial charge on any atom is -0.0909 e. The van der Waals surface area contributed by atoms with Gasteiger partial charge in [-0.15, -0.1) is 0 Å². The Morgan fingerprint density at radius 3 is 2.57 bits per heavy atom. The lowest BCUT2D eigenvalue weighted by Gasteiger charge is -1.94. The van der Waals surface area contributed by atoms with Crippen molar-refractivity contribution in [1.29, 1.82) is 0 Å². The van der Waals surface area contributed by atoms with Crippen molar-refractivity contribution in [2.75, 3.05) is 0 Å². The highest BCUT2D eigenvalue weighted by Crippen LogP contribution is 2.16. The van der Waals surface area contributed by atoms with Gasteiger partial charge in [0.2, 0.25) is 0 Å². The van der Waals surface area contributed by atoms with Gasteiger partial charge in [-0.05, 0) is 42.5 Å². The first-order valence-electron chi connectivity index (χ1n) is 5.04. The molecule has 0 spiro atoms. The second-order valence-electron chi connectivity index (χ2n) is 3.30. The van der Waals surface area contributed by atoms with E-state index in [1.165, 1.54) is 23.3 Å². The van der Waals surface area contributed by atoms with Crippen molar-refractivity contribution in [3.63, 3.8) is 0 Å². The zero-order valence-corrected chi connectivity index (χ0v) is 9.66. The fraction of sp³-hybridized carbons (Fsp3) is 0.385. The molecule has 74 valence electrons. The summed E-state index contributed by atoms with van der Waals surface area (Å²) in [5.41, 5.74) is 1.30. The van der Waals surface area contributed by atoms with Gasteiger partial charge in [0.25, 0.3) is 0 Å². The summed E-state index contributed by atoms with van der Waals surface area (Å²) in [4.78, 5) is 1.24. The van der Waals surface area contributed by atoms with Crippen LogP contribution >= 0.6 is 11.8 Å². The Labute approximate surface area is 91.1 Å². The number of hydrogen-bond donors (Lipinski definition) is 0. The third-order valence-electron chi connectivity index (χ3n) is 1.92. The summed E-state index contributed by atoms with van der Waals surface area (Å²) in [6.45, 7) is 4.29. The molecule has 0 aromatic heterocycles. The van der Waals surface area contributed by atoms with E-state index >= 15 is 0 Å². The second-order valence-corrected chi connectivity index (χ2v) is 4.18. The number of unbranched alkanes of at least 4 members (excludes halogenated alkanes) is 2. The Morgan fingerprint density at radius 2 is 1.93 bits per heavy atom. The molecule has 0 heterocycles. The third kappa shape index (κ3) is 4.39. The van der Waals surface area contributed by atoms with Gasteiger partial charge in [-0.1, -0.05) is 37.0 Å². The van der Waals surface area contributed by atoms with E-state index in [0.717, 1.165) is 6.42 Å². The lowest BCUT2D eigenvalue weighted by atomic mass is 10.2. The fourth-order valence-corrected chi connectivity index (χ4v) is 1.58. The normalized spacial score (nSPS) is 9.29. The van der Waals surface area contributed by atoms with Gasteiger partial charge in [0.15, 0.2) is 0 Å². The van der Waals surface area contributed by atoms with Crippen LogP contribution in [-0.4, -0.2) is 0 Å². The number of rotatable bonds is 3. The minimum absolute atomic E-state index is 1.02.